The largest absolute Gasteiger partial charge is 0.440 e. The molecule has 6 heteroatoms. The molecule has 1 N–H and O–H groups in total. The number of carbonyl (C=O) groups excluding carboxylic acids is 1. The first-order chi connectivity index (χ1) is 12.7. The third-order valence-electron chi connectivity index (χ3n) is 4.76. The van der Waals surface area contributed by atoms with Crippen LogP contribution < -0.4 is 5.32 Å². The standard InChI is InChI=1S/C20H20ClN3O2/c21-15-5-1-2-6-16(15)22-19(25)13-24-11-9-14(10-12-24)20-23-17-7-3-4-8-18(17)26-20/h1-8,14H,9-13H2,(H,22,25). The second kappa shape index (κ2) is 7.48. The summed E-state index contributed by atoms with van der Waals surface area (Å²) in [5, 5.41) is 3.43. The molecule has 0 radical (unpaired) electrons. The van der Waals surface area contributed by atoms with Crippen LogP contribution in [-0.2, 0) is 4.79 Å². The van der Waals surface area contributed by atoms with Gasteiger partial charge in [-0.3, -0.25) is 9.69 Å². The molecule has 0 aliphatic carbocycles. The average Bonchev–Trinajstić information content (AvgIpc) is 3.08. The lowest BCUT2D eigenvalue weighted by molar-refractivity contribution is -0.117. The van der Waals surface area contributed by atoms with Crippen LogP contribution in [-0.4, -0.2) is 35.4 Å². The lowest BCUT2D eigenvalue weighted by atomic mass is 9.97. The zero-order valence-electron chi connectivity index (χ0n) is 14.3. The Morgan fingerprint density at radius 1 is 1.15 bits per heavy atom. The van der Waals surface area contributed by atoms with Crippen LogP contribution >= 0.6 is 11.6 Å². The van der Waals surface area contributed by atoms with Crippen molar-refractivity contribution < 1.29 is 9.21 Å². The van der Waals surface area contributed by atoms with Gasteiger partial charge in [0.25, 0.3) is 0 Å². The smallest absolute Gasteiger partial charge is 0.238 e. The number of oxazole rings is 1. The van der Waals surface area contributed by atoms with Crippen LogP contribution in [0, 0.1) is 0 Å². The monoisotopic (exact) mass is 369 g/mol. The van der Waals surface area contributed by atoms with Crippen LogP contribution in [0.4, 0.5) is 5.69 Å². The molecule has 1 amide bonds. The third kappa shape index (κ3) is 3.74. The van der Waals surface area contributed by atoms with Gasteiger partial charge < -0.3 is 9.73 Å². The minimum absolute atomic E-state index is 0.0431. The topological polar surface area (TPSA) is 58.4 Å². The molecule has 0 saturated carbocycles. The van der Waals surface area contributed by atoms with E-state index in [0.29, 0.717) is 23.2 Å². The summed E-state index contributed by atoms with van der Waals surface area (Å²) in [4.78, 5) is 19.0. The van der Waals surface area contributed by atoms with Crippen LogP contribution in [0.15, 0.2) is 52.9 Å². The molecule has 1 saturated heterocycles. The number of benzene rings is 2. The molecule has 0 atom stereocenters. The lowest BCUT2D eigenvalue weighted by Crippen LogP contribution is -2.38. The van der Waals surface area contributed by atoms with Gasteiger partial charge in [0.2, 0.25) is 5.91 Å². The predicted octanol–water partition coefficient (Wildman–Crippen LogP) is 4.30. The van der Waals surface area contributed by atoms with Gasteiger partial charge >= 0.3 is 0 Å². The van der Waals surface area contributed by atoms with E-state index in [4.69, 9.17) is 16.0 Å². The van der Waals surface area contributed by atoms with Crippen LogP contribution in [0.3, 0.4) is 0 Å². The number of hydrogen-bond donors (Lipinski definition) is 1. The van der Waals surface area contributed by atoms with Crippen molar-refractivity contribution in [3.63, 3.8) is 0 Å². The molecule has 5 nitrogen and oxygen atoms in total. The Morgan fingerprint density at radius 3 is 2.65 bits per heavy atom. The molecule has 1 aliphatic rings. The van der Waals surface area contributed by atoms with Crippen LogP contribution in [0.2, 0.25) is 5.02 Å². The highest BCUT2D eigenvalue weighted by atomic mass is 35.5. The number of para-hydroxylation sites is 3. The SMILES string of the molecule is O=C(CN1CCC(c2nc3ccccc3o2)CC1)Nc1ccccc1Cl. The maximum Gasteiger partial charge on any atom is 0.238 e. The molecule has 2 aromatic carbocycles. The van der Waals surface area contributed by atoms with E-state index < -0.39 is 0 Å². The number of anilines is 1. The number of carbonyl (C=O) groups is 1. The highest BCUT2D eigenvalue weighted by Crippen LogP contribution is 2.30. The second-order valence-corrected chi connectivity index (χ2v) is 7.01. The summed E-state index contributed by atoms with van der Waals surface area (Å²) in [6, 6.07) is 15.1. The molecular weight excluding hydrogens is 350 g/mol. The third-order valence-corrected chi connectivity index (χ3v) is 5.09. The lowest BCUT2D eigenvalue weighted by Gasteiger charge is -2.29. The highest BCUT2D eigenvalue weighted by molar-refractivity contribution is 6.33. The molecule has 1 fully saturated rings. The van der Waals surface area contributed by atoms with Crippen molar-refractivity contribution in [2.45, 2.75) is 18.8 Å². The molecular formula is C20H20ClN3O2. The summed E-state index contributed by atoms with van der Waals surface area (Å²) in [5.74, 6) is 1.08. The van der Waals surface area contributed by atoms with Gasteiger partial charge in [-0.2, -0.15) is 0 Å². The first-order valence-corrected chi connectivity index (χ1v) is 9.19. The highest BCUT2D eigenvalue weighted by Gasteiger charge is 2.25. The number of piperidine rings is 1. The number of hydrogen-bond acceptors (Lipinski definition) is 4. The van der Waals surface area contributed by atoms with E-state index in [1.54, 1.807) is 12.1 Å². The number of likely N-dealkylation sites (tertiary alicyclic amines) is 1. The summed E-state index contributed by atoms with van der Waals surface area (Å²) in [5.41, 5.74) is 2.40. The Hall–Kier alpha value is -2.37. The number of nitrogens with zero attached hydrogens (tertiary/aromatic N) is 2. The fourth-order valence-electron chi connectivity index (χ4n) is 3.36. The maximum atomic E-state index is 12.3. The number of halogens is 1. The summed E-state index contributed by atoms with van der Waals surface area (Å²) >= 11 is 6.09. The van der Waals surface area contributed by atoms with E-state index in [1.807, 2.05) is 36.4 Å². The van der Waals surface area contributed by atoms with Gasteiger partial charge in [0.1, 0.15) is 5.52 Å². The molecule has 1 aromatic heterocycles. The Bertz CT molecular complexity index is 883. The number of amides is 1. The van der Waals surface area contributed by atoms with Crippen LogP contribution in [0.1, 0.15) is 24.7 Å². The zero-order chi connectivity index (χ0) is 17.9. The fourth-order valence-corrected chi connectivity index (χ4v) is 3.54. The molecule has 134 valence electrons. The predicted molar refractivity (Wildman–Crippen MR) is 103 cm³/mol. The Balaban J connectivity index is 1.32. The van der Waals surface area contributed by atoms with Crippen molar-refractivity contribution in [2.24, 2.45) is 0 Å². The van der Waals surface area contributed by atoms with E-state index in [0.717, 1.165) is 42.9 Å². The summed E-state index contributed by atoms with van der Waals surface area (Å²) < 4.78 is 5.89. The quantitative estimate of drug-likeness (QED) is 0.744. The van der Waals surface area contributed by atoms with Gasteiger partial charge in [0.05, 0.1) is 17.3 Å². The first kappa shape index (κ1) is 17.1. The van der Waals surface area contributed by atoms with Gasteiger partial charge in [0.15, 0.2) is 11.5 Å². The average molecular weight is 370 g/mol. The number of aromatic nitrogens is 1. The van der Waals surface area contributed by atoms with Gasteiger partial charge in [-0.25, -0.2) is 4.98 Å². The zero-order valence-corrected chi connectivity index (χ0v) is 15.1. The van der Waals surface area contributed by atoms with Crippen molar-refractivity contribution in [3.8, 4) is 0 Å². The maximum absolute atomic E-state index is 12.3. The summed E-state index contributed by atoms with van der Waals surface area (Å²) in [6.45, 7) is 2.06. The van der Waals surface area contributed by atoms with Crippen molar-refractivity contribution in [2.75, 3.05) is 25.0 Å². The van der Waals surface area contributed by atoms with Gasteiger partial charge in [-0.1, -0.05) is 35.9 Å². The molecule has 0 spiro atoms. The number of fused-ring (bicyclic) bond motifs is 1. The molecule has 0 bridgehead atoms. The molecule has 26 heavy (non-hydrogen) atoms. The minimum Gasteiger partial charge on any atom is -0.440 e. The normalized spacial score (nSPS) is 16.0. The van der Waals surface area contributed by atoms with Crippen LogP contribution in [0.25, 0.3) is 11.1 Å². The van der Waals surface area contributed by atoms with E-state index >= 15 is 0 Å². The summed E-state index contributed by atoms with van der Waals surface area (Å²) in [7, 11) is 0. The van der Waals surface area contributed by atoms with E-state index in [2.05, 4.69) is 15.2 Å². The Kier molecular flexibility index (Phi) is 4.91. The van der Waals surface area contributed by atoms with Gasteiger partial charge in [0, 0.05) is 5.92 Å². The van der Waals surface area contributed by atoms with Crippen molar-refractivity contribution in [1.82, 2.24) is 9.88 Å². The molecule has 0 unspecified atom stereocenters. The first-order valence-electron chi connectivity index (χ1n) is 8.81. The van der Waals surface area contributed by atoms with Gasteiger partial charge in [-0.05, 0) is 50.2 Å². The molecule has 1 aliphatic heterocycles. The van der Waals surface area contributed by atoms with Gasteiger partial charge in [-0.15, -0.1) is 0 Å². The van der Waals surface area contributed by atoms with Crippen molar-refractivity contribution >= 4 is 34.3 Å². The summed E-state index contributed by atoms with van der Waals surface area (Å²) in [6.07, 6.45) is 1.87. The number of nitrogens with one attached hydrogen (secondary N) is 1. The molecule has 2 heterocycles. The van der Waals surface area contributed by atoms with Crippen molar-refractivity contribution in [1.29, 1.82) is 0 Å². The van der Waals surface area contributed by atoms with E-state index in [-0.39, 0.29) is 5.91 Å². The van der Waals surface area contributed by atoms with Crippen LogP contribution in [0.5, 0.6) is 0 Å². The minimum atomic E-state index is -0.0431. The Morgan fingerprint density at radius 2 is 1.88 bits per heavy atom. The van der Waals surface area contributed by atoms with Crippen molar-refractivity contribution in [3.05, 3.63) is 59.4 Å². The van der Waals surface area contributed by atoms with E-state index in [1.165, 1.54) is 0 Å². The second-order valence-electron chi connectivity index (χ2n) is 6.60. The number of rotatable bonds is 4. The molecule has 4 rings (SSSR count). The Labute approximate surface area is 157 Å². The fraction of sp³-hybridized carbons (Fsp3) is 0.300. The molecule has 3 aromatic rings. The van der Waals surface area contributed by atoms with E-state index in [9.17, 15) is 4.79 Å².